The van der Waals surface area contributed by atoms with E-state index in [4.69, 9.17) is 16.3 Å². The van der Waals surface area contributed by atoms with Gasteiger partial charge in [0.2, 0.25) is 11.1 Å². The van der Waals surface area contributed by atoms with Crippen molar-refractivity contribution in [3.63, 3.8) is 0 Å². The summed E-state index contributed by atoms with van der Waals surface area (Å²) in [7, 11) is 0. The smallest absolute Gasteiger partial charge is 0.234 e. The van der Waals surface area contributed by atoms with E-state index in [0.29, 0.717) is 22.5 Å². The van der Waals surface area contributed by atoms with E-state index in [1.165, 1.54) is 11.8 Å². The molecule has 1 N–H and O–H groups in total. The van der Waals surface area contributed by atoms with Crippen LogP contribution in [0.15, 0.2) is 47.6 Å². The number of benzene rings is 2. The lowest BCUT2D eigenvalue weighted by Gasteiger charge is -2.11. The highest BCUT2D eigenvalue weighted by Crippen LogP contribution is 2.26. The van der Waals surface area contributed by atoms with Crippen molar-refractivity contribution < 1.29 is 9.53 Å². The Hall–Kier alpha value is -2.58. The number of carbonyl (C=O) groups is 1. The van der Waals surface area contributed by atoms with Crippen LogP contribution in [0.5, 0.6) is 5.75 Å². The predicted molar refractivity (Wildman–Crippen MR) is 106 cm³/mol. The lowest BCUT2D eigenvalue weighted by atomic mass is 10.2. The minimum Gasteiger partial charge on any atom is -0.492 e. The van der Waals surface area contributed by atoms with Crippen molar-refractivity contribution in [2.45, 2.75) is 19.0 Å². The number of halogens is 1. The largest absolute Gasteiger partial charge is 0.492 e. The average Bonchev–Trinajstić information content (AvgIpc) is 3.11. The summed E-state index contributed by atoms with van der Waals surface area (Å²) in [4.78, 5) is 12.3. The van der Waals surface area contributed by atoms with E-state index in [0.717, 1.165) is 16.9 Å². The van der Waals surface area contributed by atoms with E-state index >= 15 is 0 Å². The van der Waals surface area contributed by atoms with Crippen molar-refractivity contribution in [2.24, 2.45) is 0 Å². The van der Waals surface area contributed by atoms with E-state index in [1.807, 2.05) is 38.1 Å². The molecule has 1 aromatic heterocycles. The van der Waals surface area contributed by atoms with Crippen molar-refractivity contribution in [2.75, 3.05) is 17.7 Å². The molecule has 1 heterocycles. The number of anilines is 1. The molecule has 0 unspecified atom stereocenters. The third-order valence-electron chi connectivity index (χ3n) is 3.63. The maximum absolute atomic E-state index is 12.3. The van der Waals surface area contributed by atoms with Gasteiger partial charge in [0.1, 0.15) is 11.4 Å². The zero-order chi connectivity index (χ0) is 19.2. The lowest BCUT2D eigenvalue weighted by Crippen LogP contribution is -2.15. The molecule has 0 aliphatic heterocycles. The normalized spacial score (nSPS) is 10.6. The van der Waals surface area contributed by atoms with Gasteiger partial charge in [0.25, 0.3) is 0 Å². The van der Waals surface area contributed by atoms with Crippen LogP contribution in [0.25, 0.3) is 5.69 Å². The highest BCUT2D eigenvalue weighted by molar-refractivity contribution is 7.99. The van der Waals surface area contributed by atoms with Crippen LogP contribution in [0.4, 0.5) is 5.69 Å². The topological polar surface area (TPSA) is 81.9 Å². The zero-order valence-electron chi connectivity index (χ0n) is 14.8. The summed E-state index contributed by atoms with van der Waals surface area (Å²) in [6.07, 6.45) is 0. The second-order valence-electron chi connectivity index (χ2n) is 5.57. The summed E-state index contributed by atoms with van der Waals surface area (Å²) < 4.78 is 7.19. The number of thioether (sulfide) groups is 1. The SMILES string of the molecule is CCOc1ccccc1-n1nnnc1SCC(=O)Nc1ccc(Cl)cc1C. The first kappa shape index (κ1) is 19.2. The Labute approximate surface area is 166 Å². The standard InChI is InChI=1S/C18H18ClN5O2S/c1-3-26-16-7-5-4-6-15(16)24-18(21-22-23-24)27-11-17(25)20-14-9-8-13(19)10-12(14)2/h4-10H,3,11H2,1-2H3,(H,20,25). The molecule has 0 saturated heterocycles. The third kappa shape index (κ3) is 4.78. The molecule has 0 saturated carbocycles. The first-order valence-corrected chi connectivity index (χ1v) is 9.64. The first-order chi connectivity index (χ1) is 13.1. The molecule has 9 heteroatoms. The number of rotatable bonds is 7. The van der Waals surface area contributed by atoms with E-state index < -0.39 is 0 Å². The Kier molecular flexibility index (Phi) is 6.31. The van der Waals surface area contributed by atoms with Crippen LogP contribution < -0.4 is 10.1 Å². The molecule has 3 rings (SSSR count). The van der Waals surface area contributed by atoms with Crippen LogP contribution >= 0.6 is 23.4 Å². The summed E-state index contributed by atoms with van der Waals surface area (Å²) in [5.74, 6) is 0.688. The monoisotopic (exact) mass is 403 g/mol. The number of para-hydroxylation sites is 2. The third-order valence-corrected chi connectivity index (χ3v) is 4.78. The molecule has 3 aromatic rings. The van der Waals surface area contributed by atoms with E-state index in [-0.39, 0.29) is 11.7 Å². The highest BCUT2D eigenvalue weighted by Gasteiger charge is 2.15. The van der Waals surface area contributed by atoms with Gasteiger partial charge in [-0.05, 0) is 60.2 Å². The van der Waals surface area contributed by atoms with E-state index in [9.17, 15) is 4.79 Å². The molecule has 0 aliphatic carbocycles. The number of carbonyl (C=O) groups excluding carboxylic acids is 1. The molecule has 0 atom stereocenters. The van der Waals surface area contributed by atoms with Crippen LogP contribution in [-0.2, 0) is 4.79 Å². The van der Waals surface area contributed by atoms with E-state index in [1.54, 1.807) is 22.9 Å². The first-order valence-electron chi connectivity index (χ1n) is 8.28. The fourth-order valence-electron chi connectivity index (χ4n) is 2.41. The molecule has 1 amide bonds. The number of nitrogens with one attached hydrogen (secondary N) is 1. The summed E-state index contributed by atoms with van der Waals surface area (Å²) in [5, 5.41) is 15.8. The Morgan fingerprint density at radius 1 is 1.30 bits per heavy atom. The minimum absolute atomic E-state index is 0.155. The lowest BCUT2D eigenvalue weighted by molar-refractivity contribution is -0.113. The molecule has 0 fully saturated rings. The van der Waals surface area contributed by atoms with Gasteiger partial charge >= 0.3 is 0 Å². The Morgan fingerprint density at radius 3 is 2.89 bits per heavy atom. The number of amides is 1. The van der Waals surface area contributed by atoms with Gasteiger partial charge in [0.15, 0.2) is 0 Å². The van der Waals surface area contributed by atoms with Gasteiger partial charge < -0.3 is 10.1 Å². The Morgan fingerprint density at radius 2 is 2.11 bits per heavy atom. The molecule has 27 heavy (non-hydrogen) atoms. The van der Waals surface area contributed by atoms with Gasteiger partial charge in [0, 0.05) is 10.7 Å². The fourth-order valence-corrected chi connectivity index (χ4v) is 3.32. The number of nitrogens with zero attached hydrogens (tertiary/aromatic N) is 4. The summed E-state index contributed by atoms with van der Waals surface area (Å²) in [6, 6.07) is 12.8. The molecular formula is C18H18ClN5O2S. The summed E-state index contributed by atoms with van der Waals surface area (Å²) in [5.41, 5.74) is 2.35. The molecule has 7 nitrogen and oxygen atoms in total. The number of hydrogen-bond acceptors (Lipinski definition) is 6. The highest BCUT2D eigenvalue weighted by atomic mass is 35.5. The number of aromatic nitrogens is 4. The van der Waals surface area contributed by atoms with Crippen LogP contribution in [0.3, 0.4) is 0 Å². The molecule has 0 spiro atoms. The number of tetrazole rings is 1. The molecule has 0 radical (unpaired) electrons. The average molecular weight is 404 g/mol. The van der Waals surface area contributed by atoms with E-state index in [2.05, 4.69) is 20.8 Å². The van der Waals surface area contributed by atoms with Crippen molar-refractivity contribution in [3.8, 4) is 11.4 Å². The fraction of sp³-hybridized carbons (Fsp3) is 0.222. The van der Waals surface area contributed by atoms with Crippen molar-refractivity contribution in [3.05, 3.63) is 53.1 Å². The number of ether oxygens (including phenoxy) is 1. The summed E-state index contributed by atoms with van der Waals surface area (Å²) >= 11 is 7.19. The second kappa shape index (κ2) is 8.88. The van der Waals surface area contributed by atoms with Crippen LogP contribution in [0.2, 0.25) is 5.02 Å². The maximum Gasteiger partial charge on any atom is 0.234 e. The maximum atomic E-state index is 12.3. The van der Waals surface area contributed by atoms with Crippen molar-refractivity contribution >= 4 is 35.0 Å². The van der Waals surface area contributed by atoms with Gasteiger partial charge in [-0.2, -0.15) is 4.68 Å². The minimum atomic E-state index is -0.155. The molecule has 2 aromatic carbocycles. The van der Waals surface area contributed by atoms with Crippen molar-refractivity contribution in [1.29, 1.82) is 0 Å². The van der Waals surface area contributed by atoms with Gasteiger partial charge in [0.05, 0.1) is 12.4 Å². The second-order valence-corrected chi connectivity index (χ2v) is 6.95. The van der Waals surface area contributed by atoms with Crippen LogP contribution in [0.1, 0.15) is 12.5 Å². The molecular weight excluding hydrogens is 386 g/mol. The Balaban J connectivity index is 1.69. The van der Waals surface area contributed by atoms with Gasteiger partial charge in [-0.25, -0.2) is 0 Å². The number of aryl methyl sites for hydroxylation is 1. The molecule has 0 bridgehead atoms. The van der Waals surface area contributed by atoms with Crippen LogP contribution in [-0.4, -0.2) is 38.5 Å². The summed E-state index contributed by atoms with van der Waals surface area (Å²) in [6.45, 7) is 4.33. The Bertz CT molecular complexity index is 947. The predicted octanol–water partition coefficient (Wildman–Crippen LogP) is 3.75. The van der Waals surface area contributed by atoms with Crippen molar-refractivity contribution in [1.82, 2.24) is 20.2 Å². The van der Waals surface area contributed by atoms with Gasteiger partial charge in [-0.1, -0.05) is 35.5 Å². The molecule has 140 valence electrons. The van der Waals surface area contributed by atoms with Gasteiger partial charge in [-0.3, -0.25) is 4.79 Å². The van der Waals surface area contributed by atoms with Crippen LogP contribution in [0, 0.1) is 6.92 Å². The van der Waals surface area contributed by atoms with Gasteiger partial charge in [-0.15, -0.1) is 5.10 Å². The molecule has 0 aliphatic rings. The zero-order valence-corrected chi connectivity index (χ0v) is 16.4. The number of hydrogen-bond donors (Lipinski definition) is 1. The quantitative estimate of drug-likeness (QED) is 0.605.